The molecule has 0 saturated heterocycles. The number of anilines is 2. The van der Waals surface area contributed by atoms with Gasteiger partial charge in [-0.1, -0.05) is 22.0 Å². The van der Waals surface area contributed by atoms with Crippen molar-refractivity contribution in [3.63, 3.8) is 0 Å². The van der Waals surface area contributed by atoms with Gasteiger partial charge in [0.1, 0.15) is 5.82 Å². The van der Waals surface area contributed by atoms with Crippen molar-refractivity contribution < 1.29 is 4.79 Å². The third-order valence-electron chi connectivity index (χ3n) is 2.72. The summed E-state index contributed by atoms with van der Waals surface area (Å²) < 4.78 is 0.963. The molecule has 0 aliphatic rings. The number of amides is 1. The van der Waals surface area contributed by atoms with Crippen LogP contribution in [0, 0.1) is 6.92 Å². The largest absolute Gasteiger partial charge is 0.372 e. The Morgan fingerprint density at radius 1 is 1.32 bits per heavy atom. The van der Waals surface area contributed by atoms with Gasteiger partial charge in [0.15, 0.2) is 0 Å². The minimum Gasteiger partial charge on any atom is -0.372 e. The normalized spacial score (nSPS) is 10.1. The van der Waals surface area contributed by atoms with Gasteiger partial charge in [0.25, 0.3) is 5.91 Å². The maximum Gasteiger partial charge on any atom is 0.259 e. The van der Waals surface area contributed by atoms with Crippen molar-refractivity contribution in [2.75, 3.05) is 17.7 Å². The van der Waals surface area contributed by atoms with Gasteiger partial charge in [-0.2, -0.15) is 0 Å². The van der Waals surface area contributed by atoms with Gasteiger partial charge in [-0.05, 0) is 36.8 Å². The van der Waals surface area contributed by atoms with Crippen LogP contribution in [0.4, 0.5) is 11.5 Å². The van der Waals surface area contributed by atoms with E-state index in [2.05, 4.69) is 31.5 Å². The maximum atomic E-state index is 12.2. The van der Waals surface area contributed by atoms with Gasteiger partial charge in [0.2, 0.25) is 0 Å². The number of nitrogens with zero attached hydrogens (tertiary/aromatic N) is 1. The Bertz CT molecular complexity index is 613. The van der Waals surface area contributed by atoms with Crippen LogP contribution in [0.25, 0.3) is 0 Å². The van der Waals surface area contributed by atoms with Crippen LogP contribution >= 0.6 is 15.9 Å². The van der Waals surface area contributed by atoms with Gasteiger partial charge in [0, 0.05) is 23.4 Å². The molecule has 0 saturated carbocycles. The fourth-order valence-corrected chi connectivity index (χ4v) is 2.04. The number of halogens is 1. The smallest absolute Gasteiger partial charge is 0.259 e. The molecular formula is C14H14BrN3O. The molecule has 98 valence electrons. The third-order valence-corrected chi connectivity index (χ3v) is 3.57. The Labute approximate surface area is 120 Å². The van der Waals surface area contributed by atoms with Crippen molar-refractivity contribution in [1.29, 1.82) is 0 Å². The molecule has 0 fully saturated rings. The summed E-state index contributed by atoms with van der Waals surface area (Å²) in [4.78, 5) is 16.3. The number of hydrogen-bond acceptors (Lipinski definition) is 3. The van der Waals surface area contributed by atoms with E-state index in [4.69, 9.17) is 0 Å². The first kappa shape index (κ1) is 13.5. The number of carbonyl (C=O) groups is 1. The molecule has 1 heterocycles. The molecule has 1 amide bonds. The van der Waals surface area contributed by atoms with Gasteiger partial charge in [-0.25, -0.2) is 4.98 Å². The first-order valence-corrected chi connectivity index (χ1v) is 6.61. The van der Waals surface area contributed by atoms with Crippen molar-refractivity contribution in [1.82, 2.24) is 4.98 Å². The monoisotopic (exact) mass is 319 g/mol. The molecule has 4 nitrogen and oxygen atoms in total. The summed E-state index contributed by atoms with van der Waals surface area (Å²) in [6, 6.07) is 9.16. The summed E-state index contributed by atoms with van der Waals surface area (Å²) >= 11 is 3.44. The molecular weight excluding hydrogens is 306 g/mol. The molecule has 2 rings (SSSR count). The SMILES string of the molecule is CNc1ncccc1C(=O)Nc1ccc(C)c(Br)c1. The molecule has 0 unspecified atom stereocenters. The average Bonchev–Trinajstić information content (AvgIpc) is 2.43. The van der Waals surface area contributed by atoms with Crippen molar-refractivity contribution >= 4 is 33.3 Å². The highest BCUT2D eigenvalue weighted by Gasteiger charge is 2.11. The van der Waals surface area contributed by atoms with E-state index < -0.39 is 0 Å². The van der Waals surface area contributed by atoms with E-state index in [-0.39, 0.29) is 5.91 Å². The van der Waals surface area contributed by atoms with Gasteiger partial charge < -0.3 is 10.6 Å². The third kappa shape index (κ3) is 3.12. The summed E-state index contributed by atoms with van der Waals surface area (Å²) in [6.07, 6.45) is 1.64. The fraction of sp³-hybridized carbons (Fsp3) is 0.143. The topological polar surface area (TPSA) is 54.0 Å². The molecule has 1 aromatic carbocycles. The van der Waals surface area contributed by atoms with E-state index in [0.29, 0.717) is 11.4 Å². The van der Waals surface area contributed by atoms with Crippen LogP contribution in [-0.2, 0) is 0 Å². The first-order valence-electron chi connectivity index (χ1n) is 5.82. The Kier molecular flexibility index (Phi) is 4.16. The van der Waals surface area contributed by atoms with E-state index in [1.54, 1.807) is 25.4 Å². The molecule has 2 N–H and O–H groups in total. The average molecular weight is 320 g/mol. The lowest BCUT2D eigenvalue weighted by atomic mass is 10.2. The van der Waals surface area contributed by atoms with Crippen molar-refractivity contribution in [2.24, 2.45) is 0 Å². The highest BCUT2D eigenvalue weighted by Crippen LogP contribution is 2.21. The predicted octanol–water partition coefficient (Wildman–Crippen LogP) is 3.45. The van der Waals surface area contributed by atoms with E-state index in [9.17, 15) is 4.79 Å². The predicted molar refractivity (Wildman–Crippen MR) is 80.6 cm³/mol. The lowest BCUT2D eigenvalue weighted by Gasteiger charge is -2.09. The zero-order valence-corrected chi connectivity index (χ0v) is 12.3. The van der Waals surface area contributed by atoms with Crippen LogP contribution in [0.1, 0.15) is 15.9 Å². The van der Waals surface area contributed by atoms with Crippen LogP contribution in [0.3, 0.4) is 0 Å². The molecule has 1 aromatic heterocycles. The lowest BCUT2D eigenvalue weighted by Crippen LogP contribution is -2.14. The molecule has 5 heteroatoms. The Hall–Kier alpha value is -1.88. The fourth-order valence-electron chi connectivity index (χ4n) is 1.66. The van der Waals surface area contributed by atoms with E-state index >= 15 is 0 Å². The van der Waals surface area contributed by atoms with Crippen LogP contribution in [0.2, 0.25) is 0 Å². The molecule has 0 radical (unpaired) electrons. The number of aryl methyl sites for hydroxylation is 1. The summed E-state index contributed by atoms with van der Waals surface area (Å²) in [5.41, 5.74) is 2.38. The van der Waals surface area contributed by atoms with Crippen LogP contribution in [0.15, 0.2) is 41.0 Å². The molecule has 0 aliphatic carbocycles. The van der Waals surface area contributed by atoms with E-state index in [0.717, 1.165) is 15.7 Å². The summed E-state index contributed by atoms with van der Waals surface area (Å²) in [5.74, 6) is 0.374. The Morgan fingerprint density at radius 2 is 2.11 bits per heavy atom. The highest BCUT2D eigenvalue weighted by molar-refractivity contribution is 9.10. The van der Waals surface area contributed by atoms with Gasteiger partial charge in [-0.15, -0.1) is 0 Å². The maximum absolute atomic E-state index is 12.2. The molecule has 19 heavy (non-hydrogen) atoms. The molecule has 0 atom stereocenters. The zero-order valence-electron chi connectivity index (χ0n) is 10.7. The number of rotatable bonds is 3. The summed E-state index contributed by atoms with van der Waals surface area (Å²) in [5, 5.41) is 5.75. The van der Waals surface area contributed by atoms with Crippen molar-refractivity contribution in [2.45, 2.75) is 6.92 Å². The summed E-state index contributed by atoms with van der Waals surface area (Å²) in [7, 11) is 1.74. The molecule has 2 aromatic rings. The number of benzene rings is 1. The quantitative estimate of drug-likeness (QED) is 0.911. The lowest BCUT2D eigenvalue weighted by molar-refractivity contribution is 0.102. The number of carbonyl (C=O) groups excluding carboxylic acids is 1. The number of nitrogens with one attached hydrogen (secondary N) is 2. The standard InChI is InChI=1S/C14H14BrN3O/c1-9-5-6-10(8-12(9)15)18-14(19)11-4-3-7-17-13(11)16-2/h3-8H,1-2H3,(H,16,17)(H,18,19). The van der Waals surface area contributed by atoms with Crippen LogP contribution in [0.5, 0.6) is 0 Å². The highest BCUT2D eigenvalue weighted by atomic mass is 79.9. The molecule has 0 bridgehead atoms. The summed E-state index contributed by atoms with van der Waals surface area (Å²) in [6.45, 7) is 2.00. The minimum atomic E-state index is -0.187. The van der Waals surface area contributed by atoms with Crippen LogP contribution in [-0.4, -0.2) is 17.9 Å². The second kappa shape index (κ2) is 5.84. The molecule has 0 aliphatic heterocycles. The Balaban J connectivity index is 2.23. The zero-order chi connectivity index (χ0) is 13.8. The van der Waals surface area contributed by atoms with Gasteiger partial charge >= 0.3 is 0 Å². The van der Waals surface area contributed by atoms with Gasteiger partial charge in [-0.3, -0.25) is 4.79 Å². The van der Waals surface area contributed by atoms with Gasteiger partial charge in [0.05, 0.1) is 5.56 Å². The second-order valence-electron chi connectivity index (χ2n) is 4.07. The number of aromatic nitrogens is 1. The number of pyridine rings is 1. The van der Waals surface area contributed by atoms with Crippen molar-refractivity contribution in [3.05, 3.63) is 52.1 Å². The minimum absolute atomic E-state index is 0.187. The Morgan fingerprint density at radius 3 is 2.79 bits per heavy atom. The number of hydrogen-bond donors (Lipinski definition) is 2. The van der Waals surface area contributed by atoms with Crippen molar-refractivity contribution in [3.8, 4) is 0 Å². The first-order chi connectivity index (χ1) is 9.11. The van der Waals surface area contributed by atoms with Crippen LogP contribution < -0.4 is 10.6 Å². The molecule has 0 spiro atoms. The second-order valence-corrected chi connectivity index (χ2v) is 4.92. The van der Waals surface area contributed by atoms with E-state index in [1.165, 1.54) is 0 Å². The van der Waals surface area contributed by atoms with E-state index in [1.807, 2.05) is 25.1 Å².